The average Bonchev–Trinajstić information content (AvgIpc) is 3.09. The van der Waals surface area contributed by atoms with E-state index in [-0.39, 0.29) is 12.5 Å². The fraction of sp³-hybridized carbons (Fsp3) is 0.250. The van der Waals surface area contributed by atoms with Crippen LogP contribution in [0.4, 0.5) is 0 Å². The van der Waals surface area contributed by atoms with Crippen molar-refractivity contribution in [3.63, 3.8) is 0 Å². The predicted molar refractivity (Wildman–Crippen MR) is 79.8 cm³/mol. The van der Waals surface area contributed by atoms with Gasteiger partial charge in [0.25, 0.3) is 0 Å². The quantitative estimate of drug-likeness (QED) is 0.800. The maximum Gasteiger partial charge on any atom is 0.240 e. The number of hydrogen-bond acceptors (Lipinski definition) is 3. The second-order valence-electron chi connectivity index (χ2n) is 5.15. The van der Waals surface area contributed by atoms with Crippen LogP contribution in [0.3, 0.4) is 0 Å². The third-order valence-corrected chi connectivity index (χ3v) is 3.59. The Kier molecular flexibility index (Phi) is 3.48. The van der Waals surface area contributed by atoms with E-state index in [1.54, 1.807) is 18.7 Å². The standard InChI is InChI=1S/C16H17N3O2/c1-11-6-14-15(7-12(11)2)19(10-18-14)9-16(20)17-8-13-4-3-5-21-13/h3-7,10H,8-9H2,1-2H3,(H,17,20). The van der Waals surface area contributed by atoms with Gasteiger partial charge in [0.1, 0.15) is 12.3 Å². The number of hydrogen-bond donors (Lipinski definition) is 1. The Morgan fingerprint density at radius 3 is 2.90 bits per heavy atom. The molecule has 21 heavy (non-hydrogen) atoms. The molecule has 0 bridgehead atoms. The van der Waals surface area contributed by atoms with Crippen LogP contribution in [0.15, 0.2) is 41.3 Å². The summed E-state index contributed by atoms with van der Waals surface area (Å²) < 4.78 is 7.04. The SMILES string of the molecule is Cc1cc2ncn(CC(=O)NCc3ccco3)c2cc1C. The first-order valence-electron chi connectivity index (χ1n) is 6.84. The van der Waals surface area contributed by atoms with Gasteiger partial charge in [-0.15, -0.1) is 0 Å². The molecule has 3 rings (SSSR count). The Morgan fingerprint density at radius 1 is 1.33 bits per heavy atom. The van der Waals surface area contributed by atoms with E-state index >= 15 is 0 Å². The van der Waals surface area contributed by atoms with E-state index in [0.29, 0.717) is 6.54 Å². The van der Waals surface area contributed by atoms with Gasteiger partial charge in [-0.2, -0.15) is 0 Å². The van der Waals surface area contributed by atoms with Crippen LogP contribution in [0.25, 0.3) is 11.0 Å². The van der Waals surface area contributed by atoms with E-state index in [1.165, 1.54) is 11.1 Å². The van der Waals surface area contributed by atoms with Crippen molar-refractivity contribution in [2.75, 3.05) is 0 Å². The molecule has 0 saturated heterocycles. The largest absolute Gasteiger partial charge is 0.467 e. The van der Waals surface area contributed by atoms with Gasteiger partial charge >= 0.3 is 0 Å². The average molecular weight is 283 g/mol. The number of carbonyl (C=O) groups excluding carboxylic acids is 1. The number of imidazole rings is 1. The van der Waals surface area contributed by atoms with Crippen molar-refractivity contribution in [3.05, 3.63) is 53.7 Å². The zero-order chi connectivity index (χ0) is 14.8. The summed E-state index contributed by atoms with van der Waals surface area (Å²) in [5.41, 5.74) is 4.29. The summed E-state index contributed by atoms with van der Waals surface area (Å²) in [7, 11) is 0. The zero-order valence-electron chi connectivity index (χ0n) is 12.1. The first-order chi connectivity index (χ1) is 10.1. The molecule has 0 spiro atoms. The second kappa shape index (κ2) is 5.44. The van der Waals surface area contributed by atoms with Gasteiger partial charge in [-0.3, -0.25) is 4.79 Å². The molecule has 0 aliphatic carbocycles. The van der Waals surface area contributed by atoms with Gasteiger partial charge in [-0.25, -0.2) is 4.98 Å². The Bertz CT molecular complexity index is 772. The molecule has 0 aliphatic rings. The zero-order valence-corrected chi connectivity index (χ0v) is 12.1. The van der Waals surface area contributed by atoms with Gasteiger partial charge in [0.15, 0.2) is 0 Å². The number of rotatable bonds is 4. The van der Waals surface area contributed by atoms with Crippen LogP contribution < -0.4 is 5.32 Å². The van der Waals surface area contributed by atoms with Gasteiger partial charge in [0.2, 0.25) is 5.91 Å². The second-order valence-corrected chi connectivity index (χ2v) is 5.15. The lowest BCUT2D eigenvalue weighted by molar-refractivity contribution is -0.121. The van der Waals surface area contributed by atoms with E-state index < -0.39 is 0 Å². The fourth-order valence-electron chi connectivity index (χ4n) is 2.25. The van der Waals surface area contributed by atoms with Crippen LogP contribution in [-0.2, 0) is 17.9 Å². The van der Waals surface area contributed by atoms with E-state index in [9.17, 15) is 4.79 Å². The predicted octanol–water partition coefficient (Wildman–Crippen LogP) is 2.56. The van der Waals surface area contributed by atoms with Crippen molar-refractivity contribution in [2.24, 2.45) is 0 Å². The van der Waals surface area contributed by atoms with Crippen LogP contribution in [0.5, 0.6) is 0 Å². The van der Waals surface area contributed by atoms with Gasteiger partial charge in [0, 0.05) is 0 Å². The van der Waals surface area contributed by atoms with Crippen LogP contribution in [0.1, 0.15) is 16.9 Å². The molecule has 5 nitrogen and oxygen atoms in total. The van der Waals surface area contributed by atoms with Gasteiger partial charge in [0.05, 0.1) is 30.2 Å². The number of aryl methyl sites for hydroxylation is 2. The third kappa shape index (κ3) is 2.81. The number of carbonyl (C=O) groups is 1. The normalized spacial score (nSPS) is 11.0. The Labute approximate surface area is 122 Å². The lowest BCUT2D eigenvalue weighted by Crippen LogP contribution is -2.26. The highest BCUT2D eigenvalue weighted by atomic mass is 16.3. The minimum atomic E-state index is -0.0658. The number of benzene rings is 1. The van der Waals surface area contributed by atoms with Crippen molar-refractivity contribution in [1.82, 2.24) is 14.9 Å². The molecular weight excluding hydrogens is 266 g/mol. The van der Waals surface area contributed by atoms with Crippen molar-refractivity contribution in [3.8, 4) is 0 Å². The number of aromatic nitrogens is 2. The van der Waals surface area contributed by atoms with Crippen molar-refractivity contribution in [1.29, 1.82) is 0 Å². The van der Waals surface area contributed by atoms with E-state index in [4.69, 9.17) is 4.42 Å². The van der Waals surface area contributed by atoms with Crippen molar-refractivity contribution >= 4 is 16.9 Å². The van der Waals surface area contributed by atoms with Crippen LogP contribution in [-0.4, -0.2) is 15.5 Å². The van der Waals surface area contributed by atoms with Gasteiger partial charge in [-0.1, -0.05) is 0 Å². The lowest BCUT2D eigenvalue weighted by atomic mass is 10.1. The minimum absolute atomic E-state index is 0.0658. The van der Waals surface area contributed by atoms with Crippen LogP contribution in [0, 0.1) is 13.8 Å². The molecule has 1 aromatic carbocycles. The molecule has 0 radical (unpaired) electrons. The number of fused-ring (bicyclic) bond motifs is 1. The Balaban J connectivity index is 1.72. The molecule has 0 unspecified atom stereocenters. The third-order valence-electron chi connectivity index (χ3n) is 3.59. The maximum absolute atomic E-state index is 12.0. The molecule has 108 valence electrons. The number of amides is 1. The summed E-state index contributed by atoms with van der Waals surface area (Å²) in [6, 6.07) is 7.74. The molecule has 0 atom stereocenters. The molecular formula is C16H17N3O2. The molecule has 2 heterocycles. The number of furan rings is 1. The lowest BCUT2D eigenvalue weighted by Gasteiger charge is -2.06. The van der Waals surface area contributed by atoms with Crippen molar-refractivity contribution in [2.45, 2.75) is 26.9 Å². The Morgan fingerprint density at radius 2 is 2.14 bits per heavy atom. The first-order valence-corrected chi connectivity index (χ1v) is 6.84. The highest BCUT2D eigenvalue weighted by Crippen LogP contribution is 2.18. The van der Waals surface area contributed by atoms with Gasteiger partial charge < -0.3 is 14.3 Å². The number of nitrogens with zero attached hydrogens (tertiary/aromatic N) is 2. The molecule has 1 N–H and O–H groups in total. The number of nitrogens with one attached hydrogen (secondary N) is 1. The van der Waals surface area contributed by atoms with Crippen molar-refractivity contribution < 1.29 is 9.21 Å². The maximum atomic E-state index is 12.0. The summed E-state index contributed by atoms with van der Waals surface area (Å²) in [5, 5.41) is 2.83. The first kappa shape index (κ1) is 13.4. The molecule has 2 aromatic heterocycles. The Hall–Kier alpha value is -2.56. The molecule has 0 saturated carbocycles. The summed E-state index contributed by atoms with van der Waals surface area (Å²) >= 11 is 0. The highest BCUT2D eigenvalue weighted by molar-refractivity contribution is 5.81. The van der Waals surface area contributed by atoms with E-state index in [1.807, 2.05) is 16.7 Å². The minimum Gasteiger partial charge on any atom is -0.467 e. The summed E-state index contributed by atoms with van der Waals surface area (Å²) in [4.78, 5) is 16.3. The molecule has 1 amide bonds. The molecule has 5 heteroatoms. The molecule has 3 aromatic rings. The molecule has 0 fully saturated rings. The monoisotopic (exact) mass is 283 g/mol. The van der Waals surface area contributed by atoms with Gasteiger partial charge in [-0.05, 0) is 49.2 Å². The van der Waals surface area contributed by atoms with Crippen LogP contribution in [0.2, 0.25) is 0 Å². The van der Waals surface area contributed by atoms with Crippen LogP contribution >= 0.6 is 0 Å². The van der Waals surface area contributed by atoms with E-state index in [2.05, 4.69) is 30.2 Å². The highest BCUT2D eigenvalue weighted by Gasteiger charge is 2.09. The summed E-state index contributed by atoms with van der Waals surface area (Å²) in [6.07, 6.45) is 3.30. The fourth-order valence-corrected chi connectivity index (χ4v) is 2.25. The summed E-state index contributed by atoms with van der Waals surface area (Å²) in [6.45, 7) is 4.77. The summed E-state index contributed by atoms with van der Waals surface area (Å²) in [5.74, 6) is 0.675. The van der Waals surface area contributed by atoms with E-state index in [0.717, 1.165) is 16.8 Å². The topological polar surface area (TPSA) is 60.1 Å². The molecule has 0 aliphatic heterocycles. The smallest absolute Gasteiger partial charge is 0.240 e.